The molecule has 2 aromatic heterocycles. The average molecular weight is 436 g/mol. The molecule has 7 heteroatoms. The Morgan fingerprint density at radius 2 is 1.75 bits per heavy atom. The molecule has 0 aliphatic heterocycles. The van der Waals surface area contributed by atoms with Crippen molar-refractivity contribution >= 4 is 5.97 Å². The largest absolute Gasteiger partial charge is 1.00 e. The standard InChI is InChI=1S/C17H17N4O2.HI/c1-12-4-6-14(7-5-12)21-16(13-8-10-20(2)11-9-13)15(18-19-21)17(22)23-3;/h4-11H,1-3H3;1H/q+1;/p-1. The summed E-state index contributed by atoms with van der Waals surface area (Å²) in [6.07, 6.45) is 3.81. The normalized spacial score (nSPS) is 10.1. The van der Waals surface area contributed by atoms with Crippen LogP contribution in [0.25, 0.3) is 16.9 Å². The van der Waals surface area contributed by atoms with Crippen LogP contribution in [0.1, 0.15) is 16.1 Å². The van der Waals surface area contributed by atoms with Crippen LogP contribution in [0.2, 0.25) is 0 Å². The monoisotopic (exact) mass is 436 g/mol. The number of carbonyl (C=O) groups excluding carboxylic acids is 1. The van der Waals surface area contributed by atoms with Gasteiger partial charge in [0.25, 0.3) is 0 Å². The fraction of sp³-hybridized carbons (Fsp3) is 0.176. The summed E-state index contributed by atoms with van der Waals surface area (Å²) in [7, 11) is 3.27. The van der Waals surface area contributed by atoms with E-state index in [-0.39, 0.29) is 29.7 Å². The van der Waals surface area contributed by atoms with Crippen molar-refractivity contribution in [1.82, 2.24) is 15.0 Å². The molecule has 0 aliphatic carbocycles. The van der Waals surface area contributed by atoms with Gasteiger partial charge in [-0.3, -0.25) is 0 Å². The lowest BCUT2D eigenvalue weighted by Gasteiger charge is -2.07. The van der Waals surface area contributed by atoms with Gasteiger partial charge in [0.15, 0.2) is 18.1 Å². The molecule has 3 aromatic rings. The molecular weight excluding hydrogens is 419 g/mol. The number of hydrogen-bond acceptors (Lipinski definition) is 4. The maximum Gasteiger partial charge on any atom is 0.360 e. The second-order valence-corrected chi connectivity index (χ2v) is 5.28. The number of rotatable bonds is 3. The first kappa shape index (κ1) is 18.1. The molecule has 0 bridgehead atoms. The Labute approximate surface area is 157 Å². The molecule has 0 radical (unpaired) electrons. The molecule has 0 atom stereocenters. The molecule has 0 N–H and O–H groups in total. The van der Waals surface area contributed by atoms with Gasteiger partial charge >= 0.3 is 5.97 Å². The Kier molecular flexibility index (Phi) is 5.66. The minimum absolute atomic E-state index is 0. The van der Waals surface area contributed by atoms with E-state index in [0.717, 1.165) is 16.8 Å². The van der Waals surface area contributed by atoms with Crippen LogP contribution in [0.4, 0.5) is 0 Å². The molecule has 0 saturated heterocycles. The fourth-order valence-corrected chi connectivity index (χ4v) is 2.30. The van der Waals surface area contributed by atoms with Gasteiger partial charge in [0.1, 0.15) is 12.7 Å². The summed E-state index contributed by atoms with van der Waals surface area (Å²) in [6.45, 7) is 2.02. The molecule has 0 aliphatic rings. The Balaban J connectivity index is 0.00000208. The molecular formula is C17H17IN4O2. The summed E-state index contributed by atoms with van der Waals surface area (Å²) >= 11 is 0. The quantitative estimate of drug-likeness (QED) is 0.296. The predicted molar refractivity (Wildman–Crippen MR) is 84.0 cm³/mol. The molecule has 0 unspecified atom stereocenters. The van der Waals surface area contributed by atoms with E-state index in [1.807, 2.05) is 67.3 Å². The molecule has 0 amide bonds. The molecule has 124 valence electrons. The van der Waals surface area contributed by atoms with E-state index in [1.165, 1.54) is 7.11 Å². The van der Waals surface area contributed by atoms with E-state index >= 15 is 0 Å². The summed E-state index contributed by atoms with van der Waals surface area (Å²) < 4.78 is 8.40. The number of halogens is 1. The molecule has 0 saturated carbocycles. The third kappa shape index (κ3) is 3.45. The number of esters is 1. The van der Waals surface area contributed by atoms with Crippen LogP contribution < -0.4 is 28.5 Å². The van der Waals surface area contributed by atoms with Gasteiger partial charge in [-0.2, -0.15) is 0 Å². The number of aromatic nitrogens is 4. The van der Waals surface area contributed by atoms with Crippen molar-refractivity contribution in [3.05, 3.63) is 60.0 Å². The van der Waals surface area contributed by atoms with E-state index in [1.54, 1.807) is 4.68 Å². The number of carbonyl (C=O) groups is 1. The van der Waals surface area contributed by atoms with Crippen LogP contribution in [0, 0.1) is 6.92 Å². The zero-order chi connectivity index (χ0) is 16.4. The van der Waals surface area contributed by atoms with Gasteiger partial charge < -0.3 is 28.7 Å². The highest BCUT2D eigenvalue weighted by Gasteiger charge is 2.23. The van der Waals surface area contributed by atoms with Gasteiger partial charge in [-0.15, -0.1) is 5.10 Å². The van der Waals surface area contributed by atoms with E-state index in [4.69, 9.17) is 4.74 Å². The molecule has 6 nitrogen and oxygen atoms in total. The van der Waals surface area contributed by atoms with Crippen LogP contribution in [-0.2, 0) is 11.8 Å². The van der Waals surface area contributed by atoms with Crippen LogP contribution in [0.15, 0.2) is 48.8 Å². The Morgan fingerprint density at radius 1 is 1.12 bits per heavy atom. The Bertz CT molecular complexity index is 842. The fourth-order valence-electron chi connectivity index (χ4n) is 2.30. The van der Waals surface area contributed by atoms with Gasteiger partial charge in [0.2, 0.25) is 0 Å². The number of aryl methyl sites for hydroxylation is 2. The molecule has 2 heterocycles. The van der Waals surface area contributed by atoms with E-state index in [9.17, 15) is 4.79 Å². The summed E-state index contributed by atoms with van der Waals surface area (Å²) in [5.41, 5.74) is 3.63. The summed E-state index contributed by atoms with van der Waals surface area (Å²) in [6, 6.07) is 11.7. The van der Waals surface area contributed by atoms with Crippen molar-refractivity contribution in [3.63, 3.8) is 0 Å². The number of ether oxygens (including phenoxy) is 1. The third-order valence-corrected chi connectivity index (χ3v) is 3.58. The van der Waals surface area contributed by atoms with Crippen molar-refractivity contribution in [3.8, 4) is 16.9 Å². The number of benzene rings is 1. The molecule has 24 heavy (non-hydrogen) atoms. The summed E-state index contributed by atoms with van der Waals surface area (Å²) in [5.74, 6) is -0.508. The molecule has 3 rings (SSSR count). The van der Waals surface area contributed by atoms with Gasteiger partial charge in [-0.25, -0.2) is 14.0 Å². The van der Waals surface area contributed by atoms with Crippen LogP contribution in [-0.4, -0.2) is 28.1 Å². The maximum absolute atomic E-state index is 12.0. The van der Waals surface area contributed by atoms with E-state index < -0.39 is 5.97 Å². The zero-order valence-electron chi connectivity index (χ0n) is 13.6. The van der Waals surface area contributed by atoms with Crippen LogP contribution >= 0.6 is 0 Å². The minimum Gasteiger partial charge on any atom is -1.00 e. The number of hydrogen-bond donors (Lipinski definition) is 0. The smallest absolute Gasteiger partial charge is 0.360 e. The number of pyridine rings is 1. The lowest BCUT2D eigenvalue weighted by atomic mass is 10.1. The topological polar surface area (TPSA) is 60.9 Å². The predicted octanol–water partition coefficient (Wildman–Crippen LogP) is -1.14. The summed E-state index contributed by atoms with van der Waals surface area (Å²) in [5, 5.41) is 8.16. The van der Waals surface area contributed by atoms with Gasteiger partial charge in [-0.05, 0) is 19.1 Å². The molecule has 1 aromatic carbocycles. The molecule has 0 fully saturated rings. The van der Waals surface area contributed by atoms with Crippen molar-refractivity contribution in [2.24, 2.45) is 7.05 Å². The highest BCUT2D eigenvalue weighted by molar-refractivity contribution is 5.94. The van der Waals surface area contributed by atoms with Gasteiger partial charge in [0, 0.05) is 17.7 Å². The SMILES string of the molecule is COC(=O)c1nnn(-c2ccc(C)cc2)c1-c1cc[n+](C)cc1.[I-]. The van der Waals surface area contributed by atoms with Crippen molar-refractivity contribution in [2.75, 3.05) is 7.11 Å². The highest BCUT2D eigenvalue weighted by atomic mass is 127. The number of nitrogens with zero attached hydrogens (tertiary/aromatic N) is 4. The van der Waals surface area contributed by atoms with Crippen LogP contribution in [0.3, 0.4) is 0 Å². The average Bonchev–Trinajstić information content (AvgIpc) is 3.00. The van der Waals surface area contributed by atoms with Crippen molar-refractivity contribution in [2.45, 2.75) is 6.92 Å². The lowest BCUT2D eigenvalue weighted by molar-refractivity contribution is -0.671. The Hall–Kier alpha value is -2.29. The minimum atomic E-state index is -0.508. The van der Waals surface area contributed by atoms with Gasteiger partial charge in [-0.1, -0.05) is 22.9 Å². The second kappa shape index (κ2) is 7.52. The second-order valence-electron chi connectivity index (χ2n) is 5.28. The lowest BCUT2D eigenvalue weighted by Crippen LogP contribution is -3.00. The zero-order valence-corrected chi connectivity index (χ0v) is 15.8. The Morgan fingerprint density at radius 3 is 2.33 bits per heavy atom. The molecule has 0 spiro atoms. The maximum atomic E-state index is 12.0. The van der Waals surface area contributed by atoms with Crippen molar-refractivity contribution in [1.29, 1.82) is 0 Å². The third-order valence-electron chi connectivity index (χ3n) is 3.58. The first-order valence-corrected chi connectivity index (χ1v) is 7.17. The first-order valence-electron chi connectivity index (χ1n) is 7.17. The van der Waals surface area contributed by atoms with Crippen molar-refractivity contribution < 1.29 is 38.1 Å². The first-order chi connectivity index (χ1) is 11.1. The van der Waals surface area contributed by atoms with E-state index in [0.29, 0.717) is 5.69 Å². The van der Waals surface area contributed by atoms with Crippen LogP contribution in [0.5, 0.6) is 0 Å². The van der Waals surface area contributed by atoms with E-state index in [2.05, 4.69) is 10.3 Å². The number of methoxy groups -OCH3 is 1. The van der Waals surface area contributed by atoms with Gasteiger partial charge in [0.05, 0.1) is 12.8 Å². The highest BCUT2D eigenvalue weighted by Crippen LogP contribution is 2.25. The summed E-state index contributed by atoms with van der Waals surface area (Å²) in [4.78, 5) is 12.0.